The molecular weight excluding hydrogens is 529 g/mol. The second-order valence-electron chi connectivity index (χ2n) is 10.3. The van der Waals surface area contributed by atoms with Crippen LogP contribution in [0.1, 0.15) is 129 Å². The summed E-state index contributed by atoms with van der Waals surface area (Å²) in [5, 5.41) is 0. The molecular formula is C31H60NO7P. The van der Waals surface area contributed by atoms with E-state index in [4.69, 9.17) is 24.3 Å². The van der Waals surface area contributed by atoms with Crippen LogP contribution in [0.4, 0.5) is 0 Å². The maximum atomic E-state index is 12.4. The van der Waals surface area contributed by atoms with Crippen molar-refractivity contribution in [1.29, 1.82) is 0 Å². The van der Waals surface area contributed by atoms with Crippen LogP contribution in [0.25, 0.3) is 0 Å². The number of unbranched alkanes of at least 4 members (excludes halogenated alkanes) is 13. The average molecular weight is 590 g/mol. The lowest BCUT2D eigenvalue weighted by Crippen LogP contribution is -2.28. The first-order valence-electron chi connectivity index (χ1n) is 15.8. The van der Waals surface area contributed by atoms with Crippen LogP contribution in [-0.2, 0) is 27.9 Å². The molecule has 0 aromatic carbocycles. The molecule has 0 fully saturated rings. The number of phosphoric ester groups is 1. The van der Waals surface area contributed by atoms with Gasteiger partial charge in [0.1, 0.15) is 6.10 Å². The zero-order valence-electron chi connectivity index (χ0n) is 25.6. The van der Waals surface area contributed by atoms with E-state index in [-0.39, 0.29) is 32.3 Å². The monoisotopic (exact) mass is 589 g/mol. The Hall–Kier alpha value is -1.02. The molecule has 0 aliphatic heterocycles. The fourth-order valence-electron chi connectivity index (χ4n) is 4.02. The molecule has 0 aliphatic rings. The second kappa shape index (κ2) is 29.5. The van der Waals surface area contributed by atoms with E-state index in [9.17, 15) is 14.3 Å². The van der Waals surface area contributed by atoms with Crippen LogP contribution in [0, 0.1) is 0 Å². The van der Waals surface area contributed by atoms with Crippen LogP contribution >= 0.6 is 7.82 Å². The Morgan fingerprint density at radius 3 is 2.00 bits per heavy atom. The van der Waals surface area contributed by atoms with Crippen LogP contribution in [0.2, 0.25) is 0 Å². The maximum Gasteiger partial charge on any atom is 0.472 e. The third-order valence-electron chi connectivity index (χ3n) is 6.37. The third kappa shape index (κ3) is 28.5. The number of ether oxygens (including phenoxy) is 2. The zero-order valence-corrected chi connectivity index (χ0v) is 26.5. The Kier molecular flexibility index (Phi) is 28.7. The van der Waals surface area contributed by atoms with Crippen molar-refractivity contribution in [3.05, 3.63) is 24.3 Å². The number of hydrogen-bond donors (Lipinski definition) is 2. The van der Waals surface area contributed by atoms with Crippen molar-refractivity contribution in [2.75, 3.05) is 33.0 Å². The van der Waals surface area contributed by atoms with Crippen LogP contribution < -0.4 is 5.73 Å². The molecule has 2 unspecified atom stereocenters. The van der Waals surface area contributed by atoms with E-state index in [2.05, 4.69) is 38.2 Å². The number of rotatable bonds is 30. The minimum Gasteiger partial charge on any atom is -0.457 e. The number of carbonyl (C=O) groups excluding carboxylic acids is 1. The lowest BCUT2D eigenvalue weighted by atomic mass is 10.1. The Morgan fingerprint density at radius 1 is 0.750 bits per heavy atom. The van der Waals surface area contributed by atoms with E-state index >= 15 is 0 Å². The molecule has 0 radical (unpaired) electrons. The first-order valence-corrected chi connectivity index (χ1v) is 17.3. The Bertz CT molecular complexity index is 672. The van der Waals surface area contributed by atoms with E-state index in [1.807, 2.05) is 0 Å². The molecule has 0 heterocycles. The largest absolute Gasteiger partial charge is 0.472 e. The minimum atomic E-state index is -4.26. The molecule has 0 aromatic heterocycles. The van der Waals surface area contributed by atoms with Crippen molar-refractivity contribution >= 4 is 13.8 Å². The number of carbonyl (C=O) groups is 1. The SMILES string of the molecule is CCCCC/C=C\C/C=C\CCCCCCCC(=O)OC(COCCCCCCCC)COP(=O)(O)OCCN. The minimum absolute atomic E-state index is 0.0976. The molecule has 40 heavy (non-hydrogen) atoms. The van der Waals surface area contributed by atoms with Gasteiger partial charge < -0.3 is 20.1 Å². The predicted octanol–water partition coefficient (Wildman–Crippen LogP) is 8.18. The standard InChI is InChI=1S/C31H60NO7P/c1-3-5-7-9-11-12-13-14-15-16-17-18-19-20-22-24-31(33)39-30(29-38-40(34,35)37-27-25-32)28-36-26-23-21-10-8-6-4-2/h11-12,14-15,30H,3-10,13,16-29,32H2,1-2H3,(H,34,35)/b12-11-,15-14-. The van der Waals surface area contributed by atoms with Crippen molar-refractivity contribution < 1.29 is 32.8 Å². The number of allylic oxidation sites excluding steroid dienone is 4. The van der Waals surface area contributed by atoms with Crippen LogP contribution in [-0.4, -0.2) is 49.9 Å². The molecule has 236 valence electrons. The van der Waals surface area contributed by atoms with Gasteiger partial charge in [-0.3, -0.25) is 13.8 Å². The molecule has 0 aromatic rings. The summed E-state index contributed by atoms with van der Waals surface area (Å²) < 4.78 is 32.9. The summed E-state index contributed by atoms with van der Waals surface area (Å²) in [4.78, 5) is 22.2. The van der Waals surface area contributed by atoms with Gasteiger partial charge in [0.15, 0.2) is 0 Å². The molecule has 0 rings (SSSR count). The van der Waals surface area contributed by atoms with Gasteiger partial charge in [0, 0.05) is 19.6 Å². The summed E-state index contributed by atoms with van der Waals surface area (Å²) in [6.07, 6.45) is 27.7. The van der Waals surface area contributed by atoms with E-state index in [0.29, 0.717) is 13.0 Å². The number of phosphoric acid groups is 1. The van der Waals surface area contributed by atoms with Gasteiger partial charge in [0.2, 0.25) is 0 Å². The summed E-state index contributed by atoms with van der Waals surface area (Å²) in [5.74, 6) is -0.349. The van der Waals surface area contributed by atoms with Gasteiger partial charge in [-0.1, -0.05) is 102 Å². The van der Waals surface area contributed by atoms with Crippen molar-refractivity contribution in [3.8, 4) is 0 Å². The van der Waals surface area contributed by atoms with Crippen LogP contribution in [0.5, 0.6) is 0 Å². The normalized spacial score (nSPS) is 14.2. The first kappa shape index (κ1) is 39.0. The molecule has 0 amide bonds. The van der Waals surface area contributed by atoms with Gasteiger partial charge in [0.05, 0.1) is 19.8 Å². The number of hydrogen-bond acceptors (Lipinski definition) is 7. The number of nitrogens with two attached hydrogens (primary N) is 1. The first-order chi connectivity index (χ1) is 19.4. The summed E-state index contributed by atoms with van der Waals surface area (Å²) in [6, 6.07) is 0. The quantitative estimate of drug-likeness (QED) is 0.0373. The van der Waals surface area contributed by atoms with E-state index < -0.39 is 13.9 Å². The summed E-state index contributed by atoms with van der Waals surface area (Å²) in [6.45, 7) is 4.80. The van der Waals surface area contributed by atoms with Crippen molar-refractivity contribution in [2.24, 2.45) is 5.73 Å². The molecule has 0 spiro atoms. The van der Waals surface area contributed by atoms with E-state index in [1.54, 1.807) is 0 Å². The van der Waals surface area contributed by atoms with Crippen molar-refractivity contribution in [3.63, 3.8) is 0 Å². The molecule has 0 saturated carbocycles. The van der Waals surface area contributed by atoms with Crippen molar-refractivity contribution in [1.82, 2.24) is 0 Å². The highest BCUT2D eigenvalue weighted by Crippen LogP contribution is 2.43. The highest BCUT2D eigenvalue weighted by Gasteiger charge is 2.25. The maximum absolute atomic E-state index is 12.4. The smallest absolute Gasteiger partial charge is 0.457 e. The summed E-state index contributed by atoms with van der Waals surface area (Å²) >= 11 is 0. The lowest BCUT2D eigenvalue weighted by Gasteiger charge is -2.20. The van der Waals surface area contributed by atoms with Gasteiger partial charge >= 0.3 is 13.8 Å². The van der Waals surface area contributed by atoms with Crippen molar-refractivity contribution in [2.45, 2.75) is 136 Å². The average Bonchev–Trinajstić information content (AvgIpc) is 2.94. The van der Waals surface area contributed by atoms with E-state index in [1.165, 1.54) is 51.4 Å². The van der Waals surface area contributed by atoms with Crippen LogP contribution in [0.3, 0.4) is 0 Å². The molecule has 2 atom stereocenters. The highest BCUT2D eigenvalue weighted by molar-refractivity contribution is 7.47. The molecule has 0 bridgehead atoms. The Labute approximate surface area is 245 Å². The molecule has 3 N–H and O–H groups in total. The topological polar surface area (TPSA) is 117 Å². The lowest BCUT2D eigenvalue weighted by molar-refractivity contribution is -0.154. The molecule has 9 heteroatoms. The van der Waals surface area contributed by atoms with Gasteiger partial charge in [-0.05, 0) is 44.9 Å². The second-order valence-corrected chi connectivity index (χ2v) is 11.8. The Morgan fingerprint density at radius 2 is 1.32 bits per heavy atom. The van der Waals surface area contributed by atoms with Gasteiger partial charge in [-0.25, -0.2) is 4.57 Å². The predicted molar refractivity (Wildman–Crippen MR) is 164 cm³/mol. The fraction of sp³-hybridized carbons (Fsp3) is 0.839. The summed E-state index contributed by atoms with van der Waals surface area (Å²) in [5.41, 5.74) is 5.31. The Balaban J connectivity index is 4.13. The van der Waals surface area contributed by atoms with Crippen LogP contribution in [0.15, 0.2) is 24.3 Å². The highest BCUT2D eigenvalue weighted by atomic mass is 31.2. The third-order valence-corrected chi connectivity index (χ3v) is 7.36. The fourth-order valence-corrected chi connectivity index (χ4v) is 4.79. The van der Waals surface area contributed by atoms with Gasteiger partial charge in [-0.15, -0.1) is 0 Å². The molecule has 0 saturated heterocycles. The molecule has 0 aliphatic carbocycles. The van der Waals surface area contributed by atoms with Gasteiger partial charge in [-0.2, -0.15) is 0 Å². The van der Waals surface area contributed by atoms with E-state index in [0.717, 1.165) is 57.8 Å². The zero-order chi connectivity index (χ0) is 29.6. The summed E-state index contributed by atoms with van der Waals surface area (Å²) in [7, 11) is -4.26. The molecule has 8 nitrogen and oxygen atoms in total. The number of esters is 1. The van der Waals surface area contributed by atoms with Gasteiger partial charge in [0.25, 0.3) is 0 Å².